The van der Waals surface area contributed by atoms with Crippen LogP contribution < -0.4 is 9.46 Å². The third-order valence-electron chi connectivity index (χ3n) is 6.11. The minimum atomic E-state index is -3.48. The Morgan fingerprint density at radius 1 is 1.12 bits per heavy atom. The van der Waals surface area contributed by atoms with Crippen molar-refractivity contribution in [3.05, 3.63) is 59.7 Å². The second-order valence-electron chi connectivity index (χ2n) is 9.10. The van der Waals surface area contributed by atoms with Gasteiger partial charge in [0.25, 0.3) is 5.91 Å². The van der Waals surface area contributed by atoms with Gasteiger partial charge in [0.05, 0.1) is 17.9 Å². The molecule has 2 aromatic rings. The topological polar surface area (TPSA) is 88.2 Å². The first kappa shape index (κ1) is 26.0. The van der Waals surface area contributed by atoms with Crippen LogP contribution in [0.4, 0.5) is 5.69 Å². The molecule has 3 rings (SSSR count). The Morgan fingerprint density at radius 3 is 2.47 bits per heavy atom. The number of fused-ring (bicyclic) bond motifs is 1. The number of amides is 1. The lowest BCUT2D eigenvalue weighted by Crippen LogP contribution is -2.46. The summed E-state index contributed by atoms with van der Waals surface area (Å²) in [5.41, 5.74) is 1.84. The van der Waals surface area contributed by atoms with Crippen LogP contribution in [0.15, 0.2) is 48.5 Å². The Morgan fingerprint density at radius 2 is 1.82 bits per heavy atom. The van der Waals surface area contributed by atoms with Crippen LogP contribution in [0.25, 0.3) is 0 Å². The van der Waals surface area contributed by atoms with E-state index in [0.29, 0.717) is 30.2 Å². The van der Waals surface area contributed by atoms with E-state index in [1.54, 1.807) is 31.2 Å². The Hall–Kier alpha value is -2.62. The van der Waals surface area contributed by atoms with Crippen LogP contribution in [0.5, 0.6) is 5.75 Å². The van der Waals surface area contributed by atoms with Gasteiger partial charge in [0.1, 0.15) is 12.4 Å². The molecule has 1 heterocycles. The van der Waals surface area contributed by atoms with Gasteiger partial charge in [0.15, 0.2) is 0 Å². The van der Waals surface area contributed by atoms with E-state index in [0.717, 1.165) is 19.3 Å². The summed E-state index contributed by atoms with van der Waals surface area (Å²) in [5, 5.41) is 0. The molecular weight excluding hydrogens is 454 g/mol. The highest BCUT2D eigenvalue weighted by Crippen LogP contribution is 2.27. The summed E-state index contributed by atoms with van der Waals surface area (Å²) in [6.45, 7) is 6.56. The van der Waals surface area contributed by atoms with Crippen molar-refractivity contribution >= 4 is 21.6 Å². The molecule has 1 N–H and O–H groups in total. The van der Waals surface area contributed by atoms with Crippen molar-refractivity contribution in [3.63, 3.8) is 0 Å². The van der Waals surface area contributed by atoms with E-state index in [9.17, 15) is 13.2 Å². The average molecular weight is 490 g/mol. The second kappa shape index (κ2) is 11.2. The summed E-state index contributed by atoms with van der Waals surface area (Å²) < 4.78 is 37.8. The fourth-order valence-corrected chi connectivity index (χ4v) is 4.72. The number of rotatable bonds is 5. The van der Waals surface area contributed by atoms with E-state index < -0.39 is 10.0 Å². The van der Waals surface area contributed by atoms with Crippen molar-refractivity contribution in [1.82, 2.24) is 9.80 Å². The minimum Gasteiger partial charge on any atom is -0.491 e. The lowest BCUT2D eigenvalue weighted by Gasteiger charge is -2.36. The van der Waals surface area contributed by atoms with Crippen LogP contribution in [0.2, 0.25) is 0 Å². The third-order valence-corrected chi connectivity index (χ3v) is 6.71. The lowest BCUT2D eigenvalue weighted by molar-refractivity contribution is 0.00922. The monoisotopic (exact) mass is 489 g/mol. The Bertz CT molecular complexity index is 1080. The summed E-state index contributed by atoms with van der Waals surface area (Å²) in [4.78, 5) is 17.3. The summed E-state index contributed by atoms with van der Waals surface area (Å²) in [5.74, 6) is 0.323. The van der Waals surface area contributed by atoms with Gasteiger partial charge in [-0.05, 0) is 36.6 Å². The average Bonchev–Trinajstić information content (AvgIpc) is 2.79. The minimum absolute atomic E-state index is 0.0640. The number of methoxy groups -OCH3 is 1. The third kappa shape index (κ3) is 6.94. The number of hydrogen-bond acceptors (Lipinski definition) is 6. The fraction of sp³-hybridized carbons (Fsp3) is 0.480. The number of sulfonamides is 1. The van der Waals surface area contributed by atoms with Gasteiger partial charge in [-0.25, -0.2) is 8.42 Å². The standard InChI is InChI=1S/C25H35N3O5S/c1-18-14-28(15-20-9-7-6-8-10-20)19(2)17-33-23-12-11-21(26-34(5,30)31)13-22(23)25(29)27(3)16-24(18)32-4/h6-13,18-19,24,26H,14-17H2,1-5H3/t18-,19+,24-/m0/s1. The zero-order valence-corrected chi connectivity index (χ0v) is 21.3. The van der Waals surface area contributed by atoms with Crippen LogP contribution in [-0.4, -0.2) is 76.4 Å². The summed E-state index contributed by atoms with van der Waals surface area (Å²) >= 11 is 0. The molecule has 0 unspecified atom stereocenters. The van der Waals surface area contributed by atoms with Gasteiger partial charge in [0.2, 0.25) is 10.0 Å². The predicted octanol–water partition coefficient (Wildman–Crippen LogP) is 3.06. The van der Waals surface area contributed by atoms with Gasteiger partial charge in [0, 0.05) is 45.5 Å². The van der Waals surface area contributed by atoms with E-state index in [1.807, 2.05) is 18.2 Å². The highest BCUT2D eigenvalue weighted by Gasteiger charge is 2.28. The van der Waals surface area contributed by atoms with Crippen molar-refractivity contribution in [2.45, 2.75) is 32.5 Å². The molecule has 0 radical (unpaired) electrons. The largest absolute Gasteiger partial charge is 0.491 e. The van der Waals surface area contributed by atoms with Crippen molar-refractivity contribution in [2.75, 3.05) is 44.8 Å². The molecule has 0 bridgehead atoms. The van der Waals surface area contributed by atoms with Crippen LogP contribution in [0.3, 0.4) is 0 Å². The van der Waals surface area contributed by atoms with Gasteiger partial charge in [-0.2, -0.15) is 0 Å². The van der Waals surface area contributed by atoms with Gasteiger partial charge in [-0.3, -0.25) is 14.4 Å². The molecule has 0 aliphatic carbocycles. The molecule has 1 aliphatic heterocycles. The first-order chi connectivity index (χ1) is 16.1. The van der Waals surface area contributed by atoms with E-state index >= 15 is 0 Å². The normalized spacial score (nSPS) is 22.8. The fourth-order valence-electron chi connectivity index (χ4n) is 4.17. The zero-order valence-electron chi connectivity index (χ0n) is 20.5. The SMILES string of the molecule is CO[C@H]1CN(C)C(=O)c2cc(NS(C)(=O)=O)ccc2OC[C@@H](C)N(Cc2ccccc2)C[C@@H]1C. The number of likely N-dealkylation sites (N-methyl/N-ethyl adjacent to an activating group) is 1. The van der Waals surface area contributed by atoms with Crippen molar-refractivity contribution in [3.8, 4) is 5.75 Å². The maximum absolute atomic E-state index is 13.3. The van der Waals surface area contributed by atoms with Crippen LogP contribution in [0, 0.1) is 5.92 Å². The van der Waals surface area contributed by atoms with Gasteiger partial charge in [-0.1, -0.05) is 37.3 Å². The number of benzene rings is 2. The van der Waals surface area contributed by atoms with E-state index in [4.69, 9.17) is 9.47 Å². The predicted molar refractivity (Wildman–Crippen MR) is 134 cm³/mol. The number of ether oxygens (including phenoxy) is 2. The lowest BCUT2D eigenvalue weighted by atomic mass is 10.0. The molecule has 0 aromatic heterocycles. The summed E-state index contributed by atoms with van der Waals surface area (Å²) in [7, 11) is -0.0949. The Kier molecular flexibility index (Phi) is 8.57. The molecule has 0 spiro atoms. The van der Waals surface area contributed by atoms with Crippen molar-refractivity contribution in [2.24, 2.45) is 5.92 Å². The summed E-state index contributed by atoms with van der Waals surface area (Å²) in [6, 6.07) is 15.1. The first-order valence-electron chi connectivity index (χ1n) is 11.4. The maximum atomic E-state index is 13.3. The highest BCUT2D eigenvalue weighted by molar-refractivity contribution is 7.92. The quantitative estimate of drug-likeness (QED) is 0.695. The number of nitrogens with zero attached hydrogens (tertiary/aromatic N) is 2. The smallest absolute Gasteiger partial charge is 0.257 e. The van der Waals surface area contributed by atoms with E-state index in [1.165, 1.54) is 11.6 Å². The van der Waals surface area contributed by atoms with Gasteiger partial charge in [-0.15, -0.1) is 0 Å². The van der Waals surface area contributed by atoms with Crippen molar-refractivity contribution < 1.29 is 22.7 Å². The van der Waals surface area contributed by atoms with Crippen LogP contribution in [-0.2, 0) is 21.3 Å². The molecule has 9 heteroatoms. The van der Waals surface area contributed by atoms with Crippen LogP contribution >= 0.6 is 0 Å². The second-order valence-corrected chi connectivity index (χ2v) is 10.8. The molecule has 3 atom stereocenters. The van der Waals surface area contributed by atoms with E-state index in [-0.39, 0.29) is 24.0 Å². The number of anilines is 1. The molecular formula is C25H35N3O5S. The maximum Gasteiger partial charge on any atom is 0.257 e. The molecule has 0 fully saturated rings. The van der Waals surface area contributed by atoms with Crippen molar-refractivity contribution in [1.29, 1.82) is 0 Å². The van der Waals surface area contributed by atoms with Gasteiger partial charge < -0.3 is 14.4 Å². The van der Waals surface area contributed by atoms with E-state index in [2.05, 4.69) is 35.6 Å². The number of carbonyl (C=O) groups is 1. The molecule has 0 saturated heterocycles. The van der Waals surface area contributed by atoms with Gasteiger partial charge >= 0.3 is 0 Å². The first-order valence-corrected chi connectivity index (χ1v) is 13.3. The molecule has 1 aliphatic rings. The highest BCUT2D eigenvalue weighted by atomic mass is 32.2. The molecule has 34 heavy (non-hydrogen) atoms. The molecule has 0 saturated carbocycles. The zero-order chi connectivity index (χ0) is 24.9. The molecule has 1 amide bonds. The number of hydrogen-bond donors (Lipinski definition) is 1. The Labute approximate surface area is 202 Å². The Balaban J connectivity index is 1.96. The van der Waals surface area contributed by atoms with Crippen LogP contribution in [0.1, 0.15) is 29.8 Å². The summed E-state index contributed by atoms with van der Waals surface area (Å²) in [6.07, 6.45) is 0.908. The molecule has 8 nitrogen and oxygen atoms in total. The number of carbonyl (C=O) groups excluding carboxylic acids is 1. The molecule has 2 aromatic carbocycles. The number of nitrogens with one attached hydrogen (secondary N) is 1. The molecule has 186 valence electrons.